The molecule has 0 spiro atoms. The van der Waals surface area contributed by atoms with Crippen LogP contribution in [-0.2, 0) is 9.53 Å². The first-order valence-corrected chi connectivity index (χ1v) is 7.26. The fourth-order valence-electron chi connectivity index (χ4n) is 2.65. The summed E-state index contributed by atoms with van der Waals surface area (Å²) in [4.78, 5) is 12.3. The van der Waals surface area contributed by atoms with Crippen molar-refractivity contribution >= 4 is 5.91 Å². The lowest BCUT2D eigenvalue weighted by atomic mass is 9.86. The summed E-state index contributed by atoms with van der Waals surface area (Å²) < 4.78 is 5.33. The lowest BCUT2D eigenvalue weighted by Gasteiger charge is -2.28. The van der Waals surface area contributed by atoms with Crippen LogP contribution in [0.5, 0.6) is 0 Å². The molecule has 110 valence electrons. The van der Waals surface area contributed by atoms with E-state index in [0.29, 0.717) is 5.92 Å². The number of hydrogen-bond acceptors (Lipinski definition) is 3. The number of amides is 1. The topological polar surface area (TPSA) is 58.6 Å². The normalized spacial score (nSPS) is 19.3. The molecule has 2 rings (SSSR count). The van der Waals surface area contributed by atoms with Crippen molar-refractivity contribution in [2.24, 2.45) is 11.8 Å². The summed E-state index contributed by atoms with van der Waals surface area (Å²) in [5.74, 6) is 0.343. The average molecular weight is 277 g/mol. The van der Waals surface area contributed by atoms with Crippen molar-refractivity contribution in [3.63, 3.8) is 0 Å². The van der Waals surface area contributed by atoms with Gasteiger partial charge in [-0.2, -0.15) is 0 Å². The van der Waals surface area contributed by atoms with Gasteiger partial charge in [0.05, 0.1) is 12.6 Å². The Morgan fingerprint density at radius 1 is 1.35 bits per heavy atom. The van der Waals surface area contributed by atoms with Crippen LogP contribution >= 0.6 is 0 Å². The van der Waals surface area contributed by atoms with E-state index in [2.05, 4.69) is 5.32 Å². The van der Waals surface area contributed by atoms with E-state index in [4.69, 9.17) is 4.74 Å². The molecule has 0 aliphatic carbocycles. The summed E-state index contributed by atoms with van der Waals surface area (Å²) >= 11 is 0. The molecule has 0 radical (unpaired) electrons. The van der Waals surface area contributed by atoms with Crippen molar-refractivity contribution in [3.8, 4) is 0 Å². The van der Waals surface area contributed by atoms with Gasteiger partial charge in [-0.3, -0.25) is 4.79 Å². The number of hydrogen-bond donors (Lipinski definition) is 2. The molecule has 2 N–H and O–H groups in total. The third-order valence-electron chi connectivity index (χ3n) is 4.09. The molecular weight excluding hydrogens is 254 g/mol. The summed E-state index contributed by atoms with van der Waals surface area (Å²) in [5, 5.41) is 12.4. The van der Waals surface area contributed by atoms with E-state index in [-0.39, 0.29) is 24.5 Å². The van der Waals surface area contributed by atoms with E-state index >= 15 is 0 Å². The molecular formula is C16H23NO3. The number of nitrogens with one attached hydrogen (secondary N) is 1. The second kappa shape index (κ2) is 7.41. The molecule has 2 atom stereocenters. The number of carbonyl (C=O) groups is 1. The van der Waals surface area contributed by atoms with E-state index < -0.39 is 0 Å². The number of aliphatic hydroxyl groups is 1. The third kappa shape index (κ3) is 3.81. The van der Waals surface area contributed by atoms with Gasteiger partial charge in [-0.25, -0.2) is 0 Å². The first-order chi connectivity index (χ1) is 9.72. The fraction of sp³-hybridized carbons (Fsp3) is 0.562. The Morgan fingerprint density at radius 2 is 2.00 bits per heavy atom. The first-order valence-electron chi connectivity index (χ1n) is 7.26. The zero-order valence-electron chi connectivity index (χ0n) is 11.9. The van der Waals surface area contributed by atoms with Gasteiger partial charge in [0, 0.05) is 19.1 Å². The Morgan fingerprint density at radius 3 is 2.60 bits per heavy atom. The number of rotatable bonds is 5. The number of aliphatic hydroxyl groups excluding tert-OH is 1. The second-order valence-electron chi connectivity index (χ2n) is 5.39. The van der Waals surface area contributed by atoms with Gasteiger partial charge in [-0.1, -0.05) is 37.3 Å². The van der Waals surface area contributed by atoms with Crippen molar-refractivity contribution in [2.45, 2.75) is 25.8 Å². The number of carbonyl (C=O) groups excluding carboxylic acids is 1. The highest BCUT2D eigenvalue weighted by molar-refractivity contribution is 5.79. The molecule has 1 aromatic rings. The Hall–Kier alpha value is -1.39. The fourth-order valence-corrected chi connectivity index (χ4v) is 2.65. The van der Waals surface area contributed by atoms with Crippen LogP contribution in [0.3, 0.4) is 0 Å². The Bertz CT molecular complexity index is 415. The summed E-state index contributed by atoms with van der Waals surface area (Å²) in [7, 11) is 0. The van der Waals surface area contributed by atoms with Gasteiger partial charge in [-0.15, -0.1) is 0 Å². The first kappa shape index (κ1) is 15.0. The molecule has 1 heterocycles. The van der Waals surface area contributed by atoms with Gasteiger partial charge in [0.15, 0.2) is 0 Å². The highest BCUT2D eigenvalue weighted by atomic mass is 16.5. The average Bonchev–Trinajstić information content (AvgIpc) is 2.53. The molecule has 1 amide bonds. The van der Waals surface area contributed by atoms with Gasteiger partial charge in [0.25, 0.3) is 0 Å². The Labute approximate surface area is 120 Å². The molecule has 0 aromatic heterocycles. The summed E-state index contributed by atoms with van der Waals surface area (Å²) in [6.07, 6.45) is 1.87. The van der Waals surface area contributed by atoms with Crippen LogP contribution in [0.4, 0.5) is 0 Å². The minimum atomic E-state index is -0.328. The molecule has 0 bridgehead atoms. The minimum absolute atomic E-state index is 0.0137. The SMILES string of the molecule is C[C@@H](C(=O)N[C@@H](CO)c1ccccc1)C1CCOCC1. The zero-order valence-corrected chi connectivity index (χ0v) is 11.9. The molecule has 1 saturated heterocycles. The van der Waals surface area contributed by atoms with Crippen LogP contribution in [0.1, 0.15) is 31.4 Å². The van der Waals surface area contributed by atoms with Gasteiger partial charge < -0.3 is 15.2 Å². The molecule has 0 unspecified atom stereocenters. The maximum Gasteiger partial charge on any atom is 0.223 e. The van der Waals surface area contributed by atoms with Crippen LogP contribution in [-0.4, -0.2) is 30.8 Å². The molecule has 1 fully saturated rings. The van der Waals surface area contributed by atoms with E-state index in [1.165, 1.54) is 0 Å². The molecule has 1 aliphatic rings. The van der Waals surface area contributed by atoms with Gasteiger partial charge >= 0.3 is 0 Å². The van der Waals surface area contributed by atoms with Crippen LogP contribution in [0.15, 0.2) is 30.3 Å². The van der Waals surface area contributed by atoms with Gasteiger partial charge in [0.1, 0.15) is 0 Å². The summed E-state index contributed by atoms with van der Waals surface area (Å²) in [5.41, 5.74) is 0.933. The van der Waals surface area contributed by atoms with E-state index in [9.17, 15) is 9.90 Å². The standard InChI is InChI=1S/C16H23NO3/c1-12(13-7-9-20-10-8-13)16(19)17-15(11-18)14-5-3-2-4-6-14/h2-6,12-13,15,18H,7-11H2,1H3,(H,17,19)/t12-,15+/m1/s1. The lowest BCUT2D eigenvalue weighted by molar-refractivity contribution is -0.128. The summed E-state index contributed by atoms with van der Waals surface area (Å²) in [6.45, 7) is 3.36. The lowest BCUT2D eigenvalue weighted by Crippen LogP contribution is -2.38. The maximum atomic E-state index is 12.3. The van der Waals surface area contributed by atoms with Crippen molar-refractivity contribution < 1.29 is 14.6 Å². The zero-order chi connectivity index (χ0) is 14.4. The van der Waals surface area contributed by atoms with Crippen LogP contribution in [0.2, 0.25) is 0 Å². The smallest absolute Gasteiger partial charge is 0.223 e. The monoisotopic (exact) mass is 277 g/mol. The molecule has 1 aromatic carbocycles. The second-order valence-corrected chi connectivity index (χ2v) is 5.39. The van der Waals surface area contributed by atoms with E-state index in [1.807, 2.05) is 37.3 Å². The summed E-state index contributed by atoms with van der Waals surface area (Å²) in [6, 6.07) is 9.24. The van der Waals surface area contributed by atoms with Gasteiger partial charge in [-0.05, 0) is 24.3 Å². The van der Waals surface area contributed by atoms with Crippen LogP contribution in [0, 0.1) is 11.8 Å². The van der Waals surface area contributed by atoms with Crippen molar-refractivity contribution in [3.05, 3.63) is 35.9 Å². The van der Waals surface area contributed by atoms with Crippen molar-refractivity contribution in [2.75, 3.05) is 19.8 Å². The Balaban J connectivity index is 1.94. The number of benzene rings is 1. The molecule has 4 nitrogen and oxygen atoms in total. The predicted octanol–water partition coefficient (Wildman–Crippen LogP) is 1.90. The largest absolute Gasteiger partial charge is 0.394 e. The quantitative estimate of drug-likeness (QED) is 0.864. The molecule has 20 heavy (non-hydrogen) atoms. The molecule has 4 heteroatoms. The Kier molecular flexibility index (Phi) is 5.56. The van der Waals surface area contributed by atoms with E-state index in [0.717, 1.165) is 31.6 Å². The predicted molar refractivity (Wildman–Crippen MR) is 77.1 cm³/mol. The van der Waals surface area contributed by atoms with E-state index in [1.54, 1.807) is 0 Å². The highest BCUT2D eigenvalue weighted by Gasteiger charge is 2.27. The molecule has 0 saturated carbocycles. The maximum absolute atomic E-state index is 12.3. The molecule has 1 aliphatic heterocycles. The number of ether oxygens (including phenoxy) is 1. The third-order valence-corrected chi connectivity index (χ3v) is 4.09. The van der Waals surface area contributed by atoms with Gasteiger partial charge in [0.2, 0.25) is 5.91 Å². The minimum Gasteiger partial charge on any atom is -0.394 e. The van der Waals surface area contributed by atoms with Crippen LogP contribution < -0.4 is 5.32 Å². The van der Waals surface area contributed by atoms with Crippen molar-refractivity contribution in [1.29, 1.82) is 0 Å². The highest BCUT2D eigenvalue weighted by Crippen LogP contribution is 2.24. The van der Waals surface area contributed by atoms with Crippen LogP contribution in [0.25, 0.3) is 0 Å². The van der Waals surface area contributed by atoms with Crippen molar-refractivity contribution in [1.82, 2.24) is 5.32 Å².